The minimum atomic E-state index is -4.43. The summed E-state index contributed by atoms with van der Waals surface area (Å²) >= 11 is 0. The lowest BCUT2D eigenvalue weighted by atomic mass is 10.1. The van der Waals surface area contributed by atoms with Crippen molar-refractivity contribution in [3.8, 4) is 0 Å². The Hall–Kier alpha value is -2.90. The molecule has 114 valence electrons. The zero-order valence-corrected chi connectivity index (χ0v) is 11.1. The molecule has 8 heteroatoms. The van der Waals surface area contributed by atoms with Crippen molar-refractivity contribution in [2.45, 2.75) is 6.18 Å². The summed E-state index contributed by atoms with van der Waals surface area (Å²) in [6, 6.07) is 4.71. The van der Waals surface area contributed by atoms with E-state index in [0.29, 0.717) is 5.56 Å². The monoisotopic (exact) mass is 309 g/mol. The Bertz CT molecular complexity index is 748. The molecule has 1 aromatic heterocycles. The van der Waals surface area contributed by atoms with Crippen molar-refractivity contribution in [1.29, 1.82) is 0 Å². The topological polar surface area (TPSA) is 61.0 Å². The van der Waals surface area contributed by atoms with Gasteiger partial charge >= 0.3 is 12.0 Å². The van der Waals surface area contributed by atoms with E-state index in [1.807, 2.05) is 0 Å². The normalized spacial score (nSPS) is 11.8. The Morgan fingerprint density at radius 1 is 1.32 bits per heavy atom. The van der Waals surface area contributed by atoms with Crippen LogP contribution in [0, 0.1) is 10.1 Å². The number of rotatable bonds is 4. The Morgan fingerprint density at radius 2 is 2.05 bits per heavy atom. The van der Waals surface area contributed by atoms with Gasteiger partial charge in [0.15, 0.2) is 0 Å². The fourth-order valence-corrected chi connectivity index (χ4v) is 1.80. The molecule has 0 aliphatic carbocycles. The molecule has 2 rings (SSSR count). The van der Waals surface area contributed by atoms with Gasteiger partial charge in [-0.25, -0.2) is 4.98 Å². The zero-order chi connectivity index (χ0) is 16.3. The van der Waals surface area contributed by atoms with E-state index in [1.54, 1.807) is 0 Å². The fourth-order valence-electron chi connectivity index (χ4n) is 1.80. The minimum Gasteiger partial charge on any atom is -0.358 e. The van der Waals surface area contributed by atoms with Gasteiger partial charge in [-0.3, -0.25) is 0 Å². The molecule has 0 fully saturated rings. The van der Waals surface area contributed by atoms with Gasteiger partial charge in [-0.15, -0.1) is 0 Å². The summed E-state index contributed by atoms with van der Waals surface area (Å²) in [5.74, 6) is -0.0854. The quantitative estimate of drug-likeness (QED) is 0.631. The summed E-state index contributed by atoms with van der Waals surface area (Å²) in [5, 5.41) is 10.8. The average Bonchev–Trinajstić information content (AvgIpc) is 2.87. The lowest BCUT2D eigenvalue weighted by Crippen LogP contribution is -2.04. The zero-order valence-electron chi connectivity index (χ0n) is 11.1. The van der Waals surface area contributed by atoms with Gasteiger partial charge in [0.05, 0.1) is 11.8 Å². The van der Waals surface area contributed by atoms with Crippen LogP contribution in [0.25, 0.3) is 18.4 Å². The summed E-state index contributed by atoms with van der Waals surface area (Å²) in [6.45, 7) is 3.44. The fraction of sp³-hybridized carbons (Fsp3) is 0.0714. The summed E-state index contributed by atoms with van der Waals surface area (Å²) in [5.41, 5.74) is -0.469. The van der Waals surface area contributed by atoms with Crippen LogP contribution in [-0.2, 0) is 6.18 Å². The molecule has 0 unspecified atom stereocenters. The van der Waals surface area contributed by atoms with Crippen LogP contribution >= 0.6 is 0 Å². The molecule has 0 atom stereocenters. The number of nitro groups is 1. The molecule has 0 saturated carbocycles. The van der Waals surface area contributed by atoms with Crippen LogP contribution in [-0.4, -0.2) is 14.5 Å². The van der Waals surface area contributed by atoms with Crippen LogP contribution in [0.3, 0.4) is 0 Å². The van der Waals surface area contributed by atoms with Crippen molar-refractivity contribution in [2.75, 3.05) is 0 Å². The molecule has 0 bridgehead atoms. The van der Waals surface area contributed by atoms with Gasteiger partial charge in [0.2, 0.25) is 5.82 Å². The third kappa shape index (κ3) is 3.22. The maximum atomic E-state index is 12.6. The summed E-state index contributed by atoms with van der Waals surface area (Å²) in [4.78, 5) is 14.0. The van der Waals surface area contributed by atoms with E-state index >= 15 is 0 Å². The predicted octanol–water partition coefficient (Wildman–Crippen LogP) is 4.08. The maximum absolute atomic E-state index is 12.6. The Labute approximate surface area is 123 Å². The van der Waals surface area contributed by atoms with E-state index in [2.05, 4.69) is 11.6 Å². The Balaban J connectivity index is 2.34. The third-order valence-electron chi connectivity index (χ3n) is 2.81. The second-order valence-electron chi connectivity index (χ2n) is 4.24. The number of alkyl halides is 3. The molecule has 0 N–H and O–H groups in total. The van der Waals surface area contributed by atoms with Crippen LogP contribution in [0.4, 0.5) is 19.0 Å². The molecule has 1 heterocycles. The van der Waals surface area contributed by atoms with E-state index in [9.17, 15) is 23.3 Å². The van der Waals surface area contributed by atoms with Crippen molar-refractivity contribution < 1.29 is 18.1 Å². The van der Waals surface area contributed by atoms with Crippen molar-refractivity contribution in [3.63, 3.8) is 0 Å². The van der Waals surface area contributed by atoms with Gasteiger partial charge in [0.1, 0.15) is 6.20 Å². The van der Waals surface area contributed by atoms with Crippen LogP contribution in [0.15, 0.2) is 37.0 Å². The molecular weight excluding hydrogens is 299 g/mol. The molecule has 0 amide bonds. The van der Waals surface area contributed by atoms with Crippen LogP contribution in [0.1, 0.15) is 17.0 Å². The van der Waals surface area contributed by atoms with E-state index in [4.69, 9.17) is 0 Å². The molecule has 0 aliphatic rings. The summed E-state index contributed by atoms with van der Waals surface area (Å²) in [7, 11) is 0. The lowest BCUT2D eigenvalue weighted by Gasteiger charge is -2.06. The van der Waals surface area contributed by atoms with Crippen molar-refractivity contribution in [1.82, 2.24) is 9.55 Å². The number of hydrogen-bond donors (Lipinski definition) is 0. The third-order valence-corrected chi connectivity index (χ3v) is 2.81. The first-order valence-electron chi connectivity index (χ1n) is 6.02. The van der Waals surface area contributed by atoms with Crippen LogP contribution in [0.2, 0.25) is 0 Å². The highest BCUT2D eigenvalue weighted by atomic mass is 19.4. The minimum absolute atomic E-state index is 0.194. The standard InChI is InChI=1S/C14H10F3N3O2/c1-2-19-12(18-9-13(19)20(21)22)7-6-10-4-3-5-11(8-10)14(15,16)17/h2-9H,1H2. The first-order chi connectivity index (χ1) is 10.3. The first kappa shape index (κ1) is 15.5. The number of halogens is 3. The van der Waals surface area contributed by atoms with Crippen LogP contribution in [0.5, 0.6) is 0 Å². The smallest absolute Gasteiger partial charge is 0.358 e. The van der Waals surface area contributed by atoms with Gasteiger partial charge in [-0.2, -0.15) is 17.7 Å². The number of hydrogen-bond acceptors (Lipinski definition) is 3. The molecule has 0 saturated heterocycles. The van der Waals surface area contributed by atoms with Crippen molar-refractivity contribution in [3.05, 3.63) is 64.1 Å². The van der Waals surface area contributed by atoms with Crippen molar-refractivity contribution in [2.24, 2.45) is 0 Å². The molecule has 22 heavy (non-hydrogen) atoms. The van der Waals surface area contributed by atoms with Gasteiger partial charge in [-0.1, -0.05) is 18.7 Å². The van der Waals surface area contributed by atoms with Crippen LogP contribution < -0.4 is 0 Å². The molecule has 0 radical (unpaired) electrons. The van der Waals surface area contributed by atoms with Gasteiger partial charge in [0, 0.05) is 6.08 Å². The second kappa shape index (κ2) is 5.84. The van der Waals surface area contributed by atoms with E-state index < -0.39 is 16.7 Å². The SMILES string of the molecule is C=Cn1c([N+](=O)[O-])cnc1C=Cc1cccc(C(F)(F)F)c1. The van der Waals surface area contributed by atoms with Gasteiger partial charge in [0.25, 0.3) is 0 Å². The second-order valence-corrected chi connectivity index (χ2v) is 4.24. The Morgan fingerprint density at radius 3 is 2.64 bits per heavy atom. The molecular formula is C14H10F3N3O2. The van der Waals surface area contributed by atoms with Crippen molar-refractivity contribution >= 4 is 24.2 Å². The Kier molecular flexibility index (Phi) is 4.11. The van der Waals surface area contributed by atoms with E-state index in [0.717, 1.165) is 22.9 Å². The molecule has 0 spiro atoms. The van der Waals surface area contributed by atoms with Gasteiger partial charge < -0.3 is 10.1 Å². The molecule has 5 nitrogen and oxygen atoms in total. The number of benzene rings is 1. The molecule has 1 aromatic carbocycles. The first-order valence-corrected chi connectivity index (χ1v) is 6.02. The highest BCUT2D eigenvalue weighted by molar-refractivity contribution is 5.68. The highest BCUT2D eigenvalue weighted by Gasteiger charge is 2.30. The largest absolute Gasteiger partial charge is 0.416 e. The lowest BCUT2D eigenvalue weighted by molar-refractivity contribution is -0.390. The maximum Gasteiger partial charge on any atom is 0.416 e. The summed E-state index contributed by atoms with van der Waals surface area (Å²) in [6.07, 6.45) is 0.595. The highest BCUT2D eigenvalue weighted by Crippen LogP contribution is 2.29. The van der Waals surface area contributed by atoms with E-state index in [-0.39, 0.29) is 11.6 Å². The molecule has 0 aliphatic heterocycles. The molecule has 2 aromatic rings. The number of aromatic nitrogens is 2. The average molecular weight is 309 g/mol. The van der Waals surface area contributed by atoms with Gasteiger partial charge in [-0.05, 0) is 28.7 Å². The number of imidazole rings is 1. The van der Waals surface area contributed by atoms with E-state index in [1.165, 1.54) is 30.5 Å². The summed E-state index contributed by atoms with van der Waals surface area (Å²) < 4.78 is 39.0. The number of nitrogens with zero attached hydrogens (tertiary/aromatic N) is 3. The predicted molar refractivity (Wildman–Crippen MR) is 75.6 cm³/mol.